The molecular formula is C20H17ClN4O2S. The Balaban J connectivity index is 1.63. The van der Waals surface area contributed by atoms with E-state index in [0.29, 0.717) is 34.0 Å². The van der Waals surface area contributed by atoms with Gasteiger partial charge < -0.3 is 5.32 Å². The minimum atomic E-state index is -0.243. The molecule has 0 aliphatic rings. The smallest absolute Gasteiger partial charge is 0.272 e. The molecule has 0 aliphatic heterocycles. The summed E-state index contributed by atoms with van der Waals surface area (Å²) in [6, 6.07) is 11.0. The SMILES string of the molecule is CCc1nc2c(sc3ncccc32)c(=O)n1CC(=O)NCc1ccc(Cl)cc1. The molecule has 1 aromatic carbocycles. The van der Waals surface area contributed by atoms with Crippen molar-refractivity contribution in [2.24, 2.45) is 0 Å². The fourth-order valence-electron chi connectivity index (χ4n) is 3.04. The van der Waals surface area contributed by atoms with Gasteiger partial charge in [-0.25, -0.2) is 9.97 Å². The van der Waals surface area contributed by atoms with Crippen LogP contribution in [0, 0.1) is 0 Å². The molecule has 0 unspecified atom stereocenters. The van der Waals surface area contributed by atoms with E-state index >= 15 is 0 Å². The summed E-state index contributed by atoms with van der Waals surface area (Å²) in [5.74, 6) is 0.342. The summed E-state index contributed by atoms with van der Waals surface area (Å²) in [5.41, 5.74) is 1.39. The van der Waals surface area contributed by atoms with Crippen LogP contribution in [-0.2, 0) is 24.3 Å². The molecular weight excluding hydrogens is 396 g/mol. The molecule has 8 heteroatoms. The largest absolute Gasteiger partial charge is 0.350 e. The van der Waals surface area contributed by atoms with Crippen molar-refractivity contribution in [2.45, 2.75) is 26.4 Å². The lowest BCUT2D eigenvalue weighted by molar-refractivity contribution is -0.121. The third-order valence-corrected chi connectivity index (χ3v) is 5.80. The van der Waals surface area contributed by atoms with Crippen LogP contribution in [-0.4, -0.2) is 20.4 Å². The van der Waals surface area contributed by atoms with Crippen molar-refractivity contribution in [2.75, 3.05) is 0 Å². The number of fused-ring (bicyclic) bond motifs is 3. The predicted molar refractivity (Wildman–Crippen MR) is 112 cm³/mol. The van der Waals surface area contributed by atoms with Gasteiger partial charge in [0.05, 0.1) is 5.52 Å². The topological polar surface area (TPSA) is 76.9 Å². The van der Waals surface area contributed by atoms with Crippen molar-refractivity contribution in [1.29, 1.82) is 0 Å². The van der Waals surface area contributed by atoms with Crippen LogP contribution in [0.15, 0.2) is 47.4 Å². The molecule has 28 heavy (non-hydrogen) atoms. The molecule has 6 nitrogen and oxygen atoms in total. The number of pyridine rings is 1. The van der Waals surface area contributed by atoms with E-state index in [1.807, 2.05) is 31.2 Å². The van der Waals surface area contributed by atoms with Gasteiger partial charge in [0.2, 0.25) is 5.91 Å². The summed E-state index contributed by atoms with van der Waals surface area (Å²) < 4.78 is 1.98. The molecule has 0 radical (unpaired) electrons. The monoisotopic (exact) mass is 412 g/mol. The maximum atomic E-state index is 13.0. The summed E-state index contributed by atoms with van der Waals surface area (Å²) in [7, 11) is 0. The highest BCUT2D eigenvalue weighted by Gasteiger charge is 2.17. The molecule has 0 bridgehead atoms. The van der Waals surface area contributed by atoms with Crippen LogP contribution in [0.5, 0.6) is 0 Å². The van der Waals surface area contributed by atoms with Gasteiger partial charge >= 0.3 is 0 Å². The Hall–Kier alpha value is -2.77. The van der Waals surface area contributed by atoms with Crippen molar-refractivity contribution in [1.82, 2.24) is 19.9 Å². The molecule has 3 aromatic heterocycles. The van der Waals surface area contributed by atoms with Crippen LogP contribution < -0.4 is 10.9 Å². The fourth-order valence-corrected chi connectivity index (χ4v) is 4.20. The molecule has 142 valence electrons. The standard InChI is InChI=1S/C20H17ClN4O2S/c1-2-15-24-17-14-4-3-9-22-19(14)28-18(17)20(27)25(15)11-16(26)23-10-12-5-7-13(21)8-6-12/h3-9H,2,10-11H2,1H3,(H,23,26). The van der Waals surface area contributed by atoms with Gasteiger partial charge in [-0.2, -0.15) is 0 Å². The van der Waals surface area contributed by atoms with E-state index in [0.717, 1.165) is 15.8 Å². The van der Waals surface area contributed by atoms with Crippen molar-refractivity contribution in [3.05, 3.63) is 69.4 Å². The molecule has 4 aromatic rings. The molecule has 4 rings (SSSR count). The lowest BCUT2D eigenvalue weighted by Crippen LogP contribution is -2.34. The number of carbonyl (C=O) groups is 1. The van der Waals surface area contributed by atoms with Crippen molar-refractivity contribution in [3.8, 4) is 0 Å². The molecule has 1 amide bonds. The molecule has 0 fully saturated rings. The number of thiophene rings is 1. The molecule has 0 aliphatic carbocycles. The van der Waals surface area contributed by atoms with Crippen LogP contribution >= 0.6 is 22.9 Å². The highest BCUT2D eigenvalue weighted by Crippen LogP contribution is 2.28. The lowest BCUT2D eigenvalue weighted by Gasteiger charge is -2.11. The molecule has 3 heterocycles. The minimum absolute atomic E-state index is 0.0692. The zero-order chi connectivity index (χ0) is 19.7. The number of nitrogens with zero attached hydrogens (tertiary/aromatic N) is 3. The van der Waals surface area contributed by atoms with Gasteiger partial charge in [0, 0.05) is 29.6 Å². The first kappa shape index (κ1) is 18.6. The second kappa shape index (κ2) is 7.69. The summed E-state index contributed by atoms with van der Waals surface area (Å²) in [6.07, 6.45) is 2.24. The maximum Gasteiger partial charge on any atom is 0.272 e. The Morgan fingerprint density at radius 2 is 2.04 bits per heavy atom. The van der Waals surface area contributed by atoms with E-state index in [1.165, 1.54) is 15.9 Å². The summed E-state index contributed by atoms with van der Waals surface area (Å²) in [4.78, 5) is 35.2. The lowest BCUT2D eigenvalue weighted by atomic mass is 10.2. The Morgan fingerprint density at radius 1 is 1.25 bits per heavy atom. The zero-order valence-electron chi connectivity index (χ0n) is 15.1. The molecule has 1 N–H and O–H groups in total. The number of hydrogen-bond acceptors (Lipinski definition) is 5. The first-order valence-electron chi connectivity index (χ1n) is 8.85. The summed E-state index contributed by atoms with van der Waals surface area (Å²) in [5, 5.41) is 4.36. The average molecular weight is 413 g/mol. The number of halogens is 1. The normalized spacial score (nSPS) is 11.2. The first-order chi connectivity index (χ1) is 13.6. The van der Waals surface area contributed by atoms with Gasteiger partial charge in [-0.15, -0.1) is 11.3 Å². The number of hydrogen-bond donors (Lipinski definition) is 1. The van der Waals surface area contributed by atoms with E-state index in [-0.39, 0.29) is 18.0 Å². The van der Waals surface area contributed by atoms with E-state index in [2.05, 4.69) is 15.3 Å². The third kappa shape index (κ3) is 3.50. The minimum Gasteiger partial charge on any atom is -0.350 e. The maximum absolute atomic E-state index is 13.0. The van der Waals surface area contributed by atoms with Gasteiger partial charge in [-0.3, -0.25) is 14.2 Å². The van der Waals surface area contributed by atoms with Gasteiger partial charge in [0.25, 0.3) is 5.56 Å². The highest BCUT2D eigenvalue weighted by atomic mass is 35.5. The Labute approximate surface area is 169 Å². The molecule has 0 saturated heterocycles. The van der Waals surface area contributed by atoms with E-state index in [9.17, 15) is 9.59 Å². The Kier molecular flexibility index (Phi) is 5.11. The first-order valence-corrected chi connectivity index (χ1v) is 10.0. The van der Waals surface area contributed by atoms with Gasteiger partial charge in [0.1, 0.15) is 21.9 Å². The van der Waals surface area contributed by atoms with Crippen LogP contribution in [0.2, 0.25) is 5.02 Å². The molecule has 0 saturated carbocycles. The number of aryl methyl sites for hydroxylation is 1. The zero-order valence-corrected chi connectivity index (χ0v) is 16.7. The fraction of sp³-hybridized carbons (Fsp3) is 0.200. The third-order valence-electron chi connectivity index (χ3n) is 4.45. The Morgan fingerprint density at radius 3 is 2.79 bits per heavy atom. The average Bonchev–Trinajstić information content (AvgIpc) is 3.08. The van der Waals surface area contributed by atoms with Crippen molar-refractivity contribution < 1.29 is 4.79 Å². The molecule has 0 atom stereocenters. The van der Waals surface area contributed by atoms with E-state index in [4.69, 9.17) is 11.6 Å². The quantitative estimate of drug-likeness (QED) is 0.544. The van der Waals surface area contributed by atoms with Crippen LogP contribution in [0.25, 0.3) is 20.4 Å². The van der Waals surface area contributed by atoms with Crippen LogP contribution in [0.3, 0.4) is 0 Å². The summed E-state index contributed by atoms with van der Waals surface area (Å²) >= 11 is 7.18. The van der Waals surface area contributed by atoms with Crippen molar-refractivity contribution >= 4 is 49.3 Å². The highest BCUT2D eigenvalue weighted by molar-refractivity contribution is 7.25. The summed E-state index contributed by atoms with van der Waals surface area (Å²) in [6.45, 7) is 2.22. The predicted octanol–water partition coefficient (Wildman–Crippen LogP) is 3.54. The van der Waals surface area contributed by atoms with Crippen LogP contribution in [0.1, 0.15) is 18.3 Å². The van der Waals surface area contributed by atoms with E-state index in [1.54, 1.807) is 18.3 Å². The molecule has 0 spiro atoms. The second-order valence-corrected chi connectivity index (χ2v) is 7.75. The number of amides is 1. The van der Waals surface area contributed by atoms with Crippen molar-refractivity contribution in [3.63, 3.8) is 0 Å². The van der Waals surface area contributed by atoms with Gasteiger partial charge in [-0.1, -0.05) is 30.7 Å². The second-order valence-electron chi connectivity index (χ2n) is 6.31. The number of benzene rings is 1. The number of rotatable bonds is 5. The Bertz CT molecular complexity index is 1230. The number of aromatic nitrogens is 3. The van der Waals surface area contributed by atoms with Crippen LogP contribution in [0.4, 0.5) is 0 Å². The number of carbonyl (C=O) groups excluding carboxylic acids is 1. The number of nitrogens with one attached hydrogen (secondary N) is 1. The van der Waals surface area contributed by atoms with E-state index < -0.39 is 0 Å². The van der Waals surface area contributed by atoms with Gasteiger partial charge in [-0.05, 0) is 29.8 Å². The van der Waals surface area contributed by atoms with Gasteiger partial charge in [0.15, 0.2) is 0 Å².